The molecule has 0 saturated heterocycles. The minimum atomic E-state index is -3.86. The second kappa shape index (κ2) is 8.34. The molecular weight excluding hydrogens is 459 g/mol. The van der Waals surface area contributed by atoms with E-state index >= 15 is 0 Å². The zero-order valence-electron chi connectivity index (χ0n) is 15.7. The van der Waals surface area contributed by atoms with E-state index in [0.717, 1.165) is 8.78 Å². The smallest absolute Gasteiger partial charge is 0.264 e. The minimum Gasteiger partial charge on any atom is -0.311 e. The molecule has 0 atom stereocenters. The number of anilines is 2. The average Bonchev–Trinajstić information content (AvgIpc) is 2.73. The van der Waals surface area contributed by atoms with Crippen molar-refractivity contribution in [2.24, 2.45) is 0 Å². The molecule has 29 heavy (non-hydrogen) atoms. The summed E-state index contributed by atoms with van der Waals surface area (Å²) in [5.74, 6) is -0.807. The highest BCUT2D eigenvalue weighted by Gasteiger charge is 2.23. The molecule has 5 nitrogen and oxygen atoms in total. The van der Waals surface area contributed by atoms with Crippen LogP contribution in [-0.2, 0) is 10.0 Å². The van der Waals surface area contributed by atoms with Crippen LogP contribution in [0.2, 0.25) is 0 Å². The fraction of sp³-hybridized carbons (Fsp3) is 0.0952. The van der Waals surface area contributed by atoms with Gasteiger partial charge in [-0.2, -0.15) is 0 Å². The van der Waals surface area contributed by atoms with Crippen LogP contribution in [0.15, 0.2) is 82.2 Å². The maximum Gasteiger partial charge on any atom is 0.264 e. The summed E-state index contributed by atoms with van der Waals surface area (Å²) in [5, 5.41) is 0. The molecule has 0 heterocycles. The number of amides is 1. The molecular formula is C21H18BrFN2O3S. The molecule has 0 saturated carbocycles. The number of carbonyl (C=O) groups is 1. The summed E-state index contributed by atoms with van der Waals surface area (Å²) in [5.41, 5.74) is 1.20. The summed E-state index contributed by atoms with van der Waals surface area (Å²) in [4.78, 5) is 14.1. The molecule has 0 fully saturated rings. The molecule has 0 aromatic heterocycles. The number of benzene rings is 3. The van der Waals surface area contributed by atoms with Gasteiger partial charge in [-0.05, 0) is 66.7 Å². The lowest BCUT2D eigenvalue weighted by Gasteiger charge is -2.21. The zero-order valence-corrected chi connectivity index (χ0v) is 18.1. The van der Waals surface area contributed by atoms with Crippen molar-refractivity contribution in [1.82, 2.24) is 0 Å². The summed E-state index contributed by atoms with van der Waals surface area (Å²) < 4.78 is 41.1. The van der Waals surface area contributed by atoms with E-state index in [1.54, 1.807) is 37.4 Å². The van der Waals surface area contributed by atoms with Crippen molar-refractivity contribution < 1.29 is 17.6 Å². The van der Waals surface area contributed by atoms with Crippen LogP contribution >= 0.6 is 15.9 Å². The molecule has 0 radical (unpaired) electrons. The molecule has 0 aliphatic carbocycles. The predicted octanol–water partition coefficient (Wildman–Crippen LogP) is 4.69. The summed E-state index contributed by atoms with van der Waals surface area (Å²) in [6, 6.07) is 18.2. The standard InChI is InChI=1S/C21H18BrFN2O3S/c1-24(18-12-8-17(23)9-13-18)21(26)15-4-3-5-20(14-15)29(27,28)25(2)19-10-6-16(22)7-11-19/h3-14H,1-2H3. The van der Waals surface area contributed by atoms with Gasteiger partial charge in [-0.1, -0.05) is 22.0 Å². The maximum atomic E-state index is 13.1. The Morgan fingerprint density at radius 1 is 0.897 bits per heavy atom. The van der Waals surface area contributed by atoms with Gasteiger partial charge in [0, 0.05) is 29.8 Å². The SMILES string of the molecule is CN(C(=O)c1cccc(S(=O)(=O)N(C)c2ccc(Br)cc2)c1)c1ccc(F)cc1. The third-order valence-corrected chi connectivity index (χ3v) is 6.76. The van der Waals surface area contributed by atoms with E-state index in [2.05, 4.69) is 15.9 Å². The van der Waals surface area contributed by atoms with E-state index < -0.39 is 21.7 Å². The van der Waals surface area contributed by atoms with E-state index in [4.69, 9.17) is 0 Å². The molecule has 1 amide bonds. The summed E-state index contributed by atoms with van der Waals surface area (Å²) in [7, 11) is -0.857. The van der Waals surface area contributed by atoms with Crippen molar-refractivity contribution in [3.8, 4) is 0 Å². The first kappa shape index (κ1) is 21.0. The van der Waals surface area contributed by atoms with Crippen LogP contribution in [0.25, 0.3) is 0 Å². The zero-order chi connectivity index (χ0) is 21.2. The number of carbonyl (C=O) groups excluding carboxylic acids is 1. The van der Waals surface area contributed by atoms with Gasteiger partial charge in [0.2, 0.25) is 0 Å². The molecule has 0 aliphatic rings. The fourth-order valence-electron chi connectivity index (χ4n) is 2.71. The van der Waals surface area contributed by atoms with Crippen molar-refractivity contribution in [3.05, 3.63) is 88.6 Å². The minimum absolute atomic E-state index is 0.00118. The number of hydrogen-bond donors (Lipinski definition) is 0. The molecule has 0 N–H and O–H groups in total. The fourth-order valence-corrected chi connectivity index (χ4v) is 4.22. The quantitative estimate of drug-likeness (QED) is 0.536. The topological polar surface area (TPSA) is 57.7 Å². The molecule has 0 bridgehead atoms. The lowest BCUT2D eigenvalue weighted by Crippen LogP contribution is -2.28. The van der Waals surface area contributed by atoms with Gasteiger partial charge in [0.15, 0.2) is 0 Å². The number of rotatable bonds is 5. The highest BCUT2D eigenvalue weighted by atomic mass is 79.9. The van der Waals surface area contributed by atoms with Gasteiger partial charge in [0.05, 0.1) is 10.6 Å². The Morgan fingerprint density at radius 3 is 2.10 bits per heavy atom. The van der Waals surface area contributed by atoms with Crippen LogP contribution in [0.1, 0.15) is 10.4 Å². The monoisotopic (exact) mass is 476 g/mol. The largest absolute Gasteiger partial charge is 0.311 e. The maximum absolute atomic E-state index is 13.1. The molecule has 3 aromatic carbocycles. The van der Waals surface area contributed by atoms with Crippen LogP contribution in [0.3, 0.4) is 0 Å². The highest BCUT2D eigenvalue weighted by Crippen LogP contribution is 2.25. The van der Waals surface area contributed by atoms with Gasteiger partial charge in [-0.25, -0.2) is 12.8 Å². The molecule has 0 aliphatic heterocycles. The summed E-state index contributed by atoms with van der Waals surface area (Å²) >= 11 is 3.32. The number of hydrogen-bond acceptors (Lipinski definition) is 3. The van der Waals surface area contributed by atoms with Crippen molar-refractivity contribution in [2.45, 2.75) is 4.90 Å². The molecule has 0 unspecified atom stereocenters. The van der Waals surface area contributed by atoms with Gasteiger partial charge < -0.3 is 4.90 Å². The number of halogens is 2. The van der Waals surface area contributed by atoms with E-state index in [1.165, 1.54) is 54.4 Å². The Labute approximate surface area is 177 Å². The van der Waals surface area contributed by atoms with E-state index in [0.29, 0.717) is 11.4 Å². The van der Waals surface area contributed by atoms with E-state index in [9.17, 15) is 17.6 Å². The molecule has 3 rings (SSSR count). The Balaban J connectivity index is 1.90. The first-order valence-electron chi connectivity index (χ1n) is 8.58. The predicted molar refractivity (Wildman–Crippen MR) is 115 cm³/mol. The summed E-state index contributed by atoms with van der Waals surface area (Å²) in [6.45, 7) is 0. The normalized spacial score (nSPS) is 11.2. The van der Waals surface area contributed by atoms with Gasteiger partial charge in [-0.3, -0.25) is 9.10 Å². The van der Waals surface area contributed by atoms with Crippen LogP contribution in [0, 0.1) is 5.82 Å². The van der Waals surface area contributed by atoms with E-state index in [1.807, 2.05) is 0 Å². The third kappa shape index (κ3) is 4.49. The van der Waals surface area contributed by atoms with Crippen LogP contribution in [-0.4, -0.2) is 28.4 Å². The van der Waals surface area contributed by atoms with Crippen LogP contribution in [0.5, 0.6) is 0 Å². The lowest BCUT2D eigenvalue weighted by atomic mass is 10.2. The van der Waals surface area contributed by atoms with Gasteiger partial charge in [0.1, 0.15) is 5.82 Å². The lowest BCUT2D eigenvalue weighted by molar-refractivity contribution is 0.0993. The number of nitrogens with zero attached hydrogens (tertiary/aromatic N) is 2. The van der Waals surface area contributed by atoms with Gasteiger partial charge in [0.25, 0.3) is 15.9 Å². The van der Waals surface area contributed by atoms with Gasteiger partial charge in [-0.15, -0.1) is 0 Å². The van der Waals surface area contributed by atoms with Crippen LogP contribution < -0.4 is 9.21 Å². The first-order chi connectivity index (χ1) is 13.7. The van der Waals surface area contributed by atoms with E-state index in [-0.39, 0.29) is 10.5 Å². The highest BCUT2D eigenvalue weighted by molar-refractivity contribution is 9.10. The van der Waals surface area contributed by atoms with Gasteiger partial charge >= 0.3 is 0 Å². The Hall–Kier alpha value is -2.71. The molecule has 8 heteroatoms. The van der Waals surface area contributed by atoms with Crippen molar-refractivity contribution >= 4 is 43.2 Å². The Kier molecular flexibility index (Phi) is 6.04. The Bertz CT molecular complexity index is 1130. The number of sulfonamides is 1. The molecule has 150 valence electrons. The average molecular weight is 477 g/mol. The van der Waals surface area contributed by atoms with Crippen molar-refractivity contribution in [2.75, 3.05) is 23.3 Å². The Morgan fingerprint density at radius 2 is 1.48 bits per heavy atom. The summed E-state index contributed by atoms with van der Waals surface area (Å²) in [6.07, 6.45) is 0. The van der Waals surface area contributed by atoms with Crippen molar-refractivity contribution in [3.63, 3.8) is 0 Å². The van der Waals surface area contributed by atoms with Crippen LogP contribution in [0.4, 0.5) is 15.8 Å². The second-order valence-corrected chi connectivity index (χ2v) is 9.20. The third-order valence-electron chi connectivity index (χ3n) is 4.45. The second-order valence-electron chi connectivity index (χ2n) is 6.32. The van der Waals surface area contributed by atoms with Crippen molar-refractivity contribution in [1.29, 1.82) is 0 Å². The first-order valence-corrected chi connectivity index (χ1v) is 10.8. The molecule has 3 aromatic rings. The molecule has 0 spiro atoms.